The summed E-state index contributed by atoms with van der Waals surface area (Å²) < 4.78 is 10.0. The molecular weight excluding hydrogens is 278 g/mol. The number of hydrogen-bond donors (Lipinski definition) is 1. The summed E-state index contributed by atoms with van der Waals surface area (Å²) >= 11 is 1.32. The second-order valence-electron chi connectivity index (χ2n) is 3.90. The summed E-state index contributed by atoms with van der Waals surface area (Å²) in [4.78, 5) is 15.5. The summed E-state index contributed by atoms with van der Waals surface area (Å²) in [5.74, 6) is 5.30. The molecule has 1 heterocycles. The van der Waals surface area contributed by atoms with E-state index in [0.717, 1.165) is 4.88 Å². The molecule has 5 nitrogen and oxygen atoms in total. The van der Waals surface area contributed by atoms with Crippen LogP contribution in [0.1, 0.15) is 14.5 Å². The van der Waals surface area contributed by atoms with Gasteiger partial charge in [-0.3, -0.25) is 4.79 Å². The van der Waals surface area contributed by atoms with E-state index in [4.69, 9.17) is 14.6 Å². The van der Waals surface area contributed by atoms with Crippen LogP contribution in [0, 0.1) is 11.8 Å². The molecule has 0 atom stereocenters. The number of rotatable bonds is 7. The molecule has 0 aliphatic carbocycles. The highest BCUT2D eigenvalue weighted by Gasteiger charge is 2.17. The van der Waals surface area contributed by atoms with E-state index < -0.39 is 0 Å². The van der Waals surface area contributed by atoms with Crippen LogP contribution in [0.15, 0.2) is 12.1 Å². The quantitative estimate of drug-likeness (QED) is 0.757. The number of carbonyl (C=O) groups is 1. The third-order valence-electron chi connectivity index (χ3n) is 2.53. The fourth-order valence-corrected chi connectivity index (χ4v) is 2.37. The van der Waals surface area contributed by atoms with Crippen LogP contribution in [0.25, 0.3) is 0 Å². The number of aliphatic hydroxyl groups excluding tert-OH is 1. The van der Waals surface area contributed by atoms with E-state index in [1.165, 1.54) is 11.3 Å². The first kappa shape index (κ1) is 16.7. The minimum atomic E-state index is -0.186. The zero-order valence-electron chi connectivity index (χ0n) is 11.7. The van der Waals surface area contributed by atoms with E-state index in [2.05, 4.69) is 11.8 Å². The molecular formula is C14H19NO4S. The lowest BCUT2D eigenvalue weighted by atomic mass is 10.3. The summed E-state index contributed by atoms with van der Waals surface area (Å²) in [7, 11) is 3.21. The van der Waals surface area contributed by atoms with Gasteiger partial charge in [0.05, 0.1) is 23.0 Å². The van der Waals surface area contributed by atoms with Gasteiger partial charge in [0, 0.05) is 27.3 Å². The van der Waals surface area contributed by atoms with Crippen molar-refractivity contribution >= 4 is 17.2 Å². The molecule has 0 aromatic carbocycles. The summed E-state index contributed by atoms with van der Waals surface area (Å²) in [5, 5.41) is 8.65. The lowest BCUT2D eigenvalue weighted by Crippen LogP contribution is -2.36. The molecule has 6 heteroatoms. The molecule has 0 saturated heterocycles. The van der Waals surface area contributed by atoms with Crippen LogP contribution in [0.3, 0.4) is 0 Å². The van der Waals surface area contributed by atoms with Crippen molar-refractivity contribution in [3.8, 4) is 11.8 Å². The standard InChI is InChI=1S/C14H19NO4S/c1-18-10-7-15(8-11-19-2)14(17)13-6-5-12(20-13)4-3-9-16/h5-6,16H,7-11H2,1-2H3. The molecule has 0 fully saturated rings. The predicted molar refractivity (Wildman–Crippen MR) is 77.9 cm³/mol. The molecule has 0 aliphatic rings. The van der Waals surface area contributed by atoms with Crippen molar-refractivity contribution in [1.29, 1.82) is 0 Å². The van der Waals surface area contributed by atoms with Gasteiger partial charge in [-0.2, -0.15) is 0 Å². The van der Waals surface area contributed by atoms with Gasteiger partial charge in [0.1, 0.15) is 6.61 Å². The fraction of sp³-hybridized carbons (Fsp3) is 0.500. The Bertz CT molecular complexity index is 467. The smallest absolute Gasteiger partial charge is 0.264 e. The van der Waals surface area contributed by atoms with Crippen molar-refractivity contribution in [3.05, 3.63) is 21.9 Å². The van der Waals surface area contributed by atoms with Gasteiger partial charge < -0.3 is 19.5 Å². The Hall–Kier alpha value is -1.39. The largest absolute Gasteiger partial charge is 0.384 e. The number of hydrogen-bond acceptors (Lipinski definition) is 5. The van der Waals surface area contributed by atoms with Crippen LogP contribution in [0.4, 0.5) is 0 Å². The molecule has 1 N–H and O–H groups in total. The number of aliphatic hydroxyl groups is 1. The van der Waals surface area contributed by atoms with Gasteiger partial charge in [0.15, 0.2) is 0 Å². The first-order chi connectivity index (χ1) is 9.72. The highest BCUT2D eigenvalue weighted by molar-refractivity contribution is 7.14. The lowest BCUT2D eigenvalue weighted by molar-refractivity contribution is 0.0632. The molecule has 0 saturated carbocycles. The lowest BCUT2D eigenvalue weighted by Gasteiger charge is -2.21. The van der Waals surface area contributed by atoms with Gasteiger partial charge in [-0.15, -0.1) is 11.3 Å². The Balaban J connectivity index is 2.74. The monoisotopic (exact) mass is 297 g/mol. The second kappa shape index (κ2) is 9.50. The van der Waals surface area contributed by atoms with Gasteiger partial charge in [-0.1, -0.05) is 11.8 Å². The molecule has 0 radical (unpaired) electrons. The zero-order valence-corrected chi connectivity index (χ0v) is 12.5. The molecule has 0 bridgehead atoms. The number of thiophene rings is 1. The topological polar surface area (TPSA) is 59.0 Å². The van der Waals surface area contributed by atoms with E-state index >= 15 is 0 Å². The molecule has 110 valence electrons. The van der Waals surface area contributed by atoms with Gasteiger partial charge in [-0.25, -0.2) is 0 Å². The Morgan fingerprint density at radius 3 is 2.50 bits per heavy atom. The number of carbonyl (C=O) groups excluding carboxylic acids is 1. The molecule has 1 aromatic rings. The molecule has 0 aliphatic heterocycles. The minimum Gasteiger partial charge on any atom is -0.384 e. The molecule has 0 unspecified atom stereocenters. The molecule has 1 rings (SSSR count). The van der Waals surface area contributed by atoms with Crippen LogP contribution in [-0.4, -0.2) is 63.0 Å². The summed E-state index contributed by atoms with van der Waals surface area (Å²) in [6.07, 6.45) is 0. The molecule has 0 spiro atoms. The van der Waals surface area contributed by atoms with Crippen molar-refractivity contribution in [2.45, 2.75) is 0 Å². The number of ether oxygens (including phenoxy) is 2. The van der Waals surface area contributed by atoms with Gasteiger partial charge >= 0.3 is 0 Å². The number of amides is 1. The van der Waals surface area contributed by atoms with E-state index in [9.17, 15) is 4.79 Å². The van der Waals surface area contributed by atoms with Crippen LogP contribution in [-0.2, 0) is 9.47 Å². The first-order valence-corrected chi connectivity index (χ1v) is 7.01. The van der Waals surface area contributed by atoms with E-state index in [1.807, 2.05) is 0 Å². The maximum absolute atomic E-state index is 12.4. The molecule has 1 amide bonds. The summed E-state index contributed by atoms with van der Waals surface area (Å²) in [6, 6.07) is 3.53. The maximum atomic E-state index is 12.4. The second-order valence-corrected chi connectivity index (χ2v) is 4.99. The molecule has 20 heavy (non-hydrogen) atoms. The normalized spacial score (nSPS) is 9.95. The average Bonchev–Trinajstić information content (AvgIpc) is 2.93. The van der Waals surface area contributed by atoms with Crippen molar-refractivity contribution in [2.75, 3.05) is 47.1 Å². The Morgan fingerprint density at radius 2 is 1.95 bits per heavy atom. The van der Waals surface area contributed by atoms with Crippen molar-refractivity contribution in [3.63, 3.8) is 0 Å². The van der Waals surface area contributed by atoms with Crippen LogP contribution >= 0.6 is 11.3 Å². The zero-order chi connectivity index (χ0) is 14.8. The van der Waals surface area contributed by atoms with Gasteiger partial charge in [-0.05, 0) is 12.1 Å². The van der Waals surface area contributed by atoms with E-state index in [1.54, 1.807) is 31.3 Å². The number of methoxy groups -OCH3 is 2. The van der Waals surface area contributed by atoms with E-state index in [0.29, 0.717) is 31.2 Å². The SMILES string of the molecule is COCCN(CCOC)C(=O)c1ccc(C#CCO)s1. The maximum Gasteiger partial charge on any atom is 0.264 e. The third-order valence-corrected chi connectivity index (χ3v) is 3.51. The first-order valence-electron chi connectivity index (χ1n) is 6.19. The van der Waals surface area contributed by atoms with Crippen LogP contribution < -0.4 is 0 Å². The van der Waals surface area contributed by atoms with Gasteiger partial charge in [0.2, 0.25) is 0 Å². The third kappa shape index (κ3) is 5.31. The van der Waals surface area contributed by atoms with Crippen molar-refractivity contribution < 1.29 is 19.4 Å². The Morgan fingerprint density at radius 1 is 1.30 bits per heavy atom. The van der Waals surface area contributed by atoms with Crippen molar-refractivity contribution in [1.82, 2.24) is 4.90 Å². The predicted octanol–water partition coefficient (Wildman–Crippen LogP) is 0.827. The fourth-order valence-electron chi connectivity index (χ4n) is 1.52. The highest BCUT2D eigenvalue weighted by atomic mass is 32.1. The minimum absolute atomic E-state index is 0.0545. The number of nitrogens with zero attached hydrogens (tertiary/aromatic N) is 1. The van der Waals surface area contributed by atoms with Gasteiger partial charge in [0.25, 0.3) is 5.91 Å². The van der Waals surface area contributed by atoms with E-state index in [-0.39, 0.29) is 12.5 Å². The highest BCUT2D eigenvalue weighted by Crippen LogP contribution is 2.17. The Kier molecular flexibility index (Phi) is 7.92. The van der Waals surface area contributed by atoms with Crippen molar-refractivity contribution in [2.24, 2.45) is 0 Å². The van der Waals surface area contributed by atoms with Crippen LogP contribution in [0.2, 0.25) is 0 Å². The molecule has 1 aromatic heterocycles. The average molecular weight is 297 g/mol. The summed E-state index contributed by atoms with van der Waals surface area (Å²) in [6.45, 7) is 1.83. The summed E-state index contributed by atoms with van der Waals surface area (Å²) in [5.41, 5.74) is 0. The van der Waals surface area contributed by atoms with Crippen LogP contribution in [0.5, 0.6) is 0 Å². The Labute approximate surface area is 123 Å².